The second kappa shape index (κ2) is 8.39. The molecule has 6 nitrogen and oxygen atoms in total. The summed E-state index contributed by atoms with van der Waals surface area (Å²) < 4.78 is 31.8. The molecule has 0 aliphatic carbocycles. The molecule has 8 heteroatoms. The van der Waals surface area contributed by atoms with Crippen LogP contribution in [0.1, 0.15) is 15.9 Å². The van der Waals surface area contributed by atoms with E-state index in [1.165, 1.54) is 16.4 Å². The highest BCUT2D eigenvalue weighted by molar-refractivity contribution is 7.89. The molecule has 1 saturated heterocycles. The van der Waals surface area contributed by atoms with Crippen LogP contribution >= 0.6 is 11.6 Å². The highest BCUT2D eigenvalue weighted by atomic mass is 35.5. The molecule has 1 heterocycles. The Kier molecular flexibility index (Phi) is 6.16. The molecular weight excluding hydrogens is 388 g/mol. The number of benzene rings is 2. The van der Waals surface area contributed by atoms with Gasteiger partial charge in [-0.2, -0.15) is 4.31 Å². The summed E-state index contributed by atoms with van der Waals surface area (Å²) in [5.74, 6) is -0.135. The number of nitrogens with one attached hydrogen (secondary N) is 1. The Bertz CT molecular complexity index is 923. The minimum Gasteiger partial charge on any atom is -0.379 e. The first-order valence-electron chi connectivity index (χ1n) is 8.60. The first-order valence-corrected chi connectivity index (χ1v) is 10.4. The third-order valence-electron chi connectivity index (χ3n) is 4.49. The Balaban J connectivity index is 1.67. The molecule has 0 aromatic heterocycles. The number of rotatable bonds is 6. The summed E-state index contributed by atoms with van der Waals surface area (Å²) in [4.78, 5) is 12.6. The van der Waals surface area contributed by atoms with E-state index in [9.17, 15) is 13.2 Å². The molecule has 2 aromatic carbocycles. The molecule has 0 unspecified atom stereocenters. The summed E-state index contributed by atoms with van der Waals surface area (Å²) in [5, 5.41) is 3.70. The molecule has 0 radical (unpaired) electrons. The second-order valence-corrected chi connectivity index (χ2v) is 8.58. The van der Waals surface area contributed by atoms with Crippen LogP contribution in [0, 0.1) is 6.92 Å². The smallest absolute Gasteiger partial charge is 0.243 e. The van der Waals surface area contributed by atoms with Gasteiger partial charge in [0.05, 0.1) is 24.7 Å². The number of Topliss-reactive ketones (excluding diaryl/α,β-unsaturated/α-hetero) is 1. The zero-order valence-electron chi connectivity index (χ0n) is 14.9. The zero-order valence-corrected chi connectivity index (χ0v) is 16.5. The molecule has 0 bridgehead atoms. The largest absolute Gasteiger partial charge is 0.379 e. The molecule has 0 amide bonds. The summed E-state index contributed by atoms with van der Waals surface area (Å²) in [6.07, 6.45) is 0. The van der Waals surface area contributed by atoms with Crippen LogP contribution in [0.2, 0.25) is 5.02 Å². The van der Waals surface area contributed by atoms with Crippen molar-refractivity contribution in [3.63, 3.8) is 0 Å². The van der Waals surface area contributed by atoms with E-state index >= 15 is 0 Å². The quantitative estimate of drug-likeness (QED) is 0.743. The van der Waals surface area contributed by atoms with Crippen LogP contribution in [-0.4, -0.2) is 51.4 Å². The summed E-state index contributed by atoms with van der Waals surface area (Å²) in [6.45, 7) is 3.43. The number of nitrogens with zero attached hydrogens (tertiary/aromatic N) is 1. The summed E-state index contributed by atoms with van der Waals surface area (Å²) in [7, 11) is -3.56. The van der Waals surface area contributed by atoms with E-state index in [4.69, 9.17) is 16.3 Å². The number of carbonyl (C=O) groups is 1. The van der Waals surface area contributed by atoms with Crippen molar-refractivity contribution in [2.24, 2.45) is 0 Å². The van der Waals surface area contributed by atoms with E-state index in [2.05, 4.69) is 5.32 Å². The number of halogens is 1. The maximum Gasteiger partial charge on any atom is 0.243 e. The number of anilines is 1. The van der Waals surface area contributed by atoms with Crippen LogP contribution in [0.15, 0.2) is 47.4 Å². The van der Waals surface area contributed by atoms with Gasteiger partial charge in [-0.1, -0.05) is 17.7 Å². The van der Waals surface area contributed by atoms with Crippen molar-refractivity contribution in [3.05, 3.63) is 58.6 Å². The van der Waals surface area contributed by atoms with Gasteiger partial charge in [0.1, 0.15) is 0 Å². The number of hydrogen-bond donors (Lipinski definition) is 1. The van der Waals surface area contributed by atoms with Gasteiger partial charge in [0.25, 0.3) is 0 Å². The van der Waals surface area contributed by atoms with Crippen LogP contribution in [0.25, 0.3) is 0 Å². The fourth-order valence-electron chi connectivity index (χ4n) is 2.83. The van der Waals surface area contributed by atoms with Crippen molar-refractivity contribution >= 4 is 33.1 Å². The molecule has 1 aliphatic rings. The van der Waals surface area contributed by atoms with Gasteiger partial charge in [0.15, 0.2) is 5.78 Å². The third-order valence-corrected chi connectivity index (χ3v) is 6.81. The summed E-state index contributed by atoms with van der Waals surface area (Å²) >= 11 is 6.08. The monoisotopic (exact) mass is 408 g/mol. The van der Waals surface area contributed by atoms with Gasteiger partial charge < -0.3 is 10.1 Å². The average molecular weight is 409 g/mol. The molecule has 144 valence electrons. The van der Waals surface area contributed by atoms with Crippen LogP contribution in [-0.2, 0) is 14.8 Å². The predicted molar refractivity (Wildman–Crippen MR) is 105 cm³/mol. The molecule has 1 aliphatic heterocycles. The fraction of sp³-hybridized carbons (Fsp3) is 0.316. The number of sulfonamides is 1. The maximum atomic E-state index is 12.6. The second-order valence-electron chi connectivity index (χ2n) is 6.23. The molecule has 1 N–H and O–H groups in total. The Labute approximate surface area is 164 Å². The number of ketones is 1. The van der Waals surface area contributed by atoms with Crippen molar-refractivity contribution < 1.29 is 17.9 Å². The Morgan fingerprint density at radius 1 is 1.15 bits per heavy atom. The fourth-order valence-corrected chi connectivity index (χ4v) is 4.41. The van der Waals surface area contributed by atoms with Gasteiger partial charge in [-0.05, 0) is 48.9 Å². The molecule has 27 heavy (non-hydrogen) atoms. The first-order chi connectivity index (χ1) is 12.9. The molecule has 0 atom stereocenters. The van der Waals surface area contributed by atoms with Crippen molar-refractivity contribution in [2.45, 2.75) is 11.8 Å². The predicted octanol–water partition coefficient (Wildman–Crippen LogP) is 2.96. The van der Waals surface area contributed by atoms with Crippen LogP contribution < -0.4 is 5.32 Å². The lowest BCUT2D eigenvalue weighted by Gasteiger charge is -2.26. The number of carbonyl (C=O) groups excluding carboxylic acids is 1. The molecular formula is C19H21ClN2O4S. The highest BCUT2D eigenvalue weighted by Gasteiger charge is 2.26. The van der Waals surface area contributed by atoms with E-state index < -0.39 is 10.0 Å². The van der Waals surface area contributed by atoms with E-state index in [0.29, 0.717) is 36.9 Å². The van der Waals surface area contributed by atoms with Crippen molar-refractivity contribution in [1.82, 2.24) is 4.31 Å². The van der Waals surface area contributed by atoms with Gasteiger partial charge in [-0.25, -0.2) is 8.42 Å². The SMILES string of the molecule is Cc1c(Cl)cccc1NCC(=O)c1ccc(S(=O)(=O)N2CCOCC2)cc1. The van der Waals surface area contributed by atoms with Crippen LogP contribution in [0.3, 0.4) is 0 Å². The lowest BCUT2D eigenvalue weighted by atomic mass is 10.1. The lowest BCUT2D eigenvalue weighted by molar-refractivity contribution is 0.0730. The minimum absolute atomic E-state index is 0.0940. The van der Waals surface area contributed by atoms with E-state index in [-0.39, 0.29) is 17.2 Å². The summed E-state index contributed by atoms with van der Waals surface area (Å²) in [5.41, 5.74) is 2.12. The maximum absolute atomic E-state index is 12.6. The molecule has 0 spiro atoms. The van der Waals surface area contributed by atoms with E-state index in [1.54, 1.807) is 18.2 Å². The zero-order chi connectivity index (χ0) is 19.4. The standard InChI is InChI=1S/C19H21ClN2O4S/c1-14-17(20)3-2-4-18(14)21-13-19(23)15-5-7-16(8-6-15)27(24,25)22-9-11-26-12-10-22/h2-8,21H,9-13H2,1H3. The number of ether oxygens (including phenoxy) is 1. The Morgan fingerprint density at radius 3 is 2.48 bits per heavy atom. The average Bonchev–Trinajstić information content (AvgIpc) is 2.69. The van der Waals surface area contributed by atoms with Gasteiger partial charge in [-0.15, -0.1) is 0 Å². The van der Waals surface area contributed by atoms with Crippen LogP contribution in [0.4, 0.5) is 5.69 Å². The Morgan fingerprint density at radius 2 is 1.81 bits per heavy atom. The normalized spacial score (nSPS) is 15.5. The van der Waals surface area contributed by atoms with E-state index in [0.717, 1.165) is 11.3 Å². The van der Waals surface area contributed by atoms with Gasteiger partial charge >= 0.3 is 0 Å². The lowest BCUT2D eigenvalue weighted by Crippen LogP contribution is -2.40. The molecule has 2 aromatic rings. The topological polar surface area (TPSA) is 75.7 Å². The third kappa shape index (κ3) is 4.50. The number of hydrogen-bond acceptors (Lipinski definition) is 5. The van der Waals surface area contributed by atoms with E-state index in [1.807, 2.05) is 19.1 Å². The van der Waals surface area contributed by atoms with Crippen molar-refractivity contribution in [1.29, 1.82) is 0 Å². The number of morpholine rings is 1. The first kappa shape index (κ1) is 19.8. The van der Waals surface area contributed by atoms with Gasteiger partial charge in [-0.3, -0.25) is 4.79 Å². The molecule has 3 rings (SSSR count). The Hall–Kier alpha value is -1.93. The minimum atomic E-state index is -3.56. The van der Waals surface area contributed by atoms with Gasteiger partial charge in [0.2, 0.25) is 10.0 Å². The van der Waals surface area contributed by atoms with Crippen molar-refractivity contribution in [2.75, 3.05) is 38.2 Å². The highest BCUT2D eigenvalue weighted by Crippen LogP contribution is 2.23. The van der Waals surface area contributed by atoms with Crippen LogP contribution in [0.5, 0.6) is 0 Å². The van der Waals surface area contributed by atoms with Gasteiger partial charge in [0, 0.05) is 29.4 Å². The molecule has 0 saturated carbocycles. The van der Waals surface area contributed by atoms with Crippen molar-refractivity contribution in [3.8, 4) is 0 Å². The molecule has 1 fully saturated rings. The summed E-state index contributed by atoms with van der Waals surface area (Å²) in [6, 6.07) is 11.5.